The maximum absolute atomic E-state index is 11.2. The second kappa shape index (κ2) is 7.01. The summed E-state index contributed by atoms with van der Waals surface area (Å²) >= 11 is 0. The maximum Gasteiger partial charge on any atom is 0.320 e. The molecule has 1 atom stereocenters. The van der Waals surface area contributed by atoms with Crippen LogP contribution in [-0.2, 0) is 15.6 Å². The van der Waals surface area contributed by atoms with Crippen LogP contribution >= 0.6 is 0 Å². The van der Waals surface area contributed by atoms with Crippen LogP contribution in [0.15, 0.2) is 0 Å². The molecule has 0 bridgehead atoms. The Hall–Kier alpha value is -0.420. The van der Waals surface area contributed by atoms with Crippen molar-refractivity contribution < 1.29 is 14.1 Å². The monoisotopic (exact) mass is 247 g/mol. The van der Waals surface area contributed by atoms with Crippen LogP contribution < -0.4 is 5.32 Å². The highest BCUT2D eigenvalue weighted by molar-refractivity contribution is 7.85. The first-order chi connectivity index (χ1) is 7.63. The number of hydrogen-bond donors (Lipinski definition) is 2. The topological polar surface area (TPSA) is 66.4 Å². The molecule has 0 aromatic carbocycles. The molecule has 1 rings (SSSR count). The molecule has 4 nitrogen and oxygen atoms in total. The second-order valence-corrected chi connectivity index (χ2v) is 6.02. The van der Waals surface area contributed by atoms with Gasteiger partial charge < -0.3 is 10.4 Å². The summed E-state index contributed by atoms with van der Waals surface area (Å²) in [5.41, 5.74) is 0. The van der Waals surface area contributed by atoms with E-state index in [1.54, 1.807) is 0 Å². The molecule has 1 fully saturated rings. The van der Waals surface area contributed by atoms with E-state index in [9.17, 15) is 9.00 Å². The van der Waals surface area contributed by atoms with Crippen LogP contribution in [0.4, 0.5) is 0 Å². The summed E-state index contributed by atoms with van der Waals surface area (Å²) in [7, 11) is -0.679. The molecule has 1 saturated heterocycles. The summed E-state index contributed by atoms with van der Waals surface area (Å²) in [5.74, 6) is 0.649. The molecule has 16 heavy (non-hydrogen) atoms. The summed E-state index contributed by atoms with van der Waals surface area (Å²) in [6.45, 7) is 2.06. The number of aliphatic carboxylic acids is 1. The molecule has 1 aliphatic heterocycles. The number of carboxylic acid groups (broad SMARTS) is 1. The van der Waals surface area contributed by atoms with E-state index in [2.05, 4.69) is 12.2 Å². The van der Waals surface area contributed by atoms with Crippen LogP contribution in [0.2, 0.25) is 0 Å². The lowest BCUT2D eigenvalue weighted by Gasteiger charge is -2.26. The fourth-order valence-electron chi connectivity index (χ4n) is 1.93. The van der Waals surface area contributed by atoms with Gasteiger partial charge in [0, 0.05) is 28.3 Å². The number of carbonyl (C=O) groups is 1. The first kappa shape index (κ1) is 13.6. The summed E-state index contributed by atoms with van der Waals surface area (Å²) in [6, 6.07) is -0.202. The van der Waals surface area contributed by atoms with E-state index in [4.69, 9.17) is 5.11 Å². The van der Waals surface area contributed by atoms with Gasteiger partial charge in [0.15, 0.2) is 0 Å². The first-order valence-corrected chi connectivity index (χ1v) is 7.46. The van der Waals surface area contributed by atoms with Crippen LogP contribution in [0.1, 0.15) is 39.0 Å². The number of rotatable bonds is 6. The van der Waals surface area contributed by atoms with Crippen molar-refractivity contribution in [1.29, 1.82) is 0 Å². The Kier molecular flexibility index (Phi) is 5.98. The number of nitrogens with one attached hydrogen (secondary N) is 1. The normalized spacial score (nSPS) is 27.6. The Morgan fingerprint density at radius 1 is 1.50 bits per heavy atom. The Balaban J connectivity index is 2.36. The van der Waals surface area contributed by atoms with E-state index in [1.807, 2.05) is 0 Å². The van der Waals surface area contributed by atoms with Crippen LogP contribution in [0.3, 0.4) is 0 Å². The summed E-state index contributed by atoms with van der Waals surface area (Å²) < 4.78 is 11.2. The van der Waals surface area contributed by atoms with Gasteiger partial charge in [-0.05, 0) is 19.3 Å². The first-order valence-electron chi connectivity index (χ1n) is 5.97. The minimum atomic E-state index is -0.764. The molecule has 0 aromatic rings. The van der Waals surface area contributed by atoms with Crippen molar-refractivity contribution in [2.45, 2.75) is 51.1 Å². The lowest BCUT2D eigenvalue weighted by molar-refractivity contribution is -0.140. The van der Waals surface area contributed by atoms with E-state index in [-0.39, 0.29) is 6.04 Å². The molecule has 1 unspecified atom stereocenters. The van der Waals surface area contributed by atoms with Gasteiger partial charge in [-0.1, -0.05) is 19.8 Å². The fourth-order valence-corrected chi connectivity index (χ4v) is 3.23. The highest BCUT2D eigenvalue weighted by atomic mass is 32.2. The summed E-state index contributed by atoms with van der Waals surface area (Å²) in [5, 5.41) is 12.2. The van der Waals surface area contributed by atoms with Gasteiger partial charge in [0.2, 0.25) is 0 Å². The van der Waals surface area contributed by atoms with Gasteiger partial charge in [-0.25, -0.2) is 0 Å². The summed E-state index contributed by atoms with van der Waals surface area (Å²) in [6.07, 6.45) is 4.30. The highest BCUT2D eigenvalue weighted by Gasteiger charge is 2.24. The Morgan fingerprint density at radius 2 is 2.12 bits per heavy atom. The molecule has 0 radical (unpaired) electrons. The van der Waals surface area contributed by atoms with Crippen LogP contribution in [0, 0.1) is 0 Å². The highest BCUT2D eigenvalue weighted by Crippen LogP contribution is 2.11. The number of hydrogen-bond acceptors (Lipinski definition) is 3. The zero-order valence-electron chi connectivity index (χ0n) is 9.78. The molecule has 94 valence electrons. The maximum atomic E-state index is 11.2. The van der Waals surface area contributed by atoms with Crippen LogP contribution in [0.5, 0.6) is 0 Å². The third kappa shape index (κ3) is 4.61. The molecule has 0 amide bonds. The summed E-state index contributed by atoms with van der Waals surface area (Å²) in [4.78, 5) is 11.0. The van der Waals surface area contributed by atoms with Crippen molar-refractivity contribution in [3.63, 3.8) is 0 Å². The van der Waals surface area contributed by atoms with Gasteiger partial charge in [0.05, 0.1) is 0 Å². The second-order valence-electron chi connectivity index (χ2n) is 4.32. The van der Waals surface area contributed by atoms with E-state index in [0.717, 1.165) is 25.7 Å². The Morgan fingerprint density at radius 3 is 2.62 bits per heavy atom. The van der Waals surface area contributed by atoms with Gasteiger partial charge in [0.1, 0.15) is 6.04 Å². The average Bonchev–Trinajstić information content (AvgIpc) is 2.26. The van der Waals surface area contributed by atoms with Gasteiger partial charge in [-0.3, -0.25) is 9.00 Å². The third-order valence-corrected chi connectivity index (χ3v) is 4.35. The molecule has 0 aromatic heterocycles. The molecule has 0 aliphatic carbocycles. The predicted octanol–water partition coefficient (Wildman–Crippen LogP) is 1.13. The fraction of sp³-hybridized carbons (Fsp3) is 0.909. The Bertz CT molecular complexity index is 248. The van der Waals surface area contributed by atoms with Gasteiger partial charge in [0.25, 0.3) is 0 Å². The minimum Gasteiger partial charge on any atom is -0.480 e. The van der Waals surface area contributed by atoms with Gasteiger partial charge >= 0.3 is 5.97 Å². The number of unbranched alkanes of at least 4 members (excludes halogenated alkanes) is 1. The standard InChI is InChI=1S/C11H21NO3S/c1-2-3-4-10(11(13)14)12-9-5-7-16(15)8-6-9/h9-10,12H,2-8H2,1H3,(H,13,14). The predicted molar refractivity (Wildman–Crippen MR) is 65.0 cm³/mol. The molecule has 1 aliphatic rings. The SMILES string of the molecule is CCCCC(NC1CCS(=O)CC1)C(=O)O. The van der Waals surface area contributed by atoms with Crippen molar-refractivity contribution in [3.8, 4) is 0 Å². The van der Waals surface area contributed by atoms with Crippen LogP contribution in [-0.4, -0.2) is 38.9 Å². The van der Waals surface area contributed by atoms with E-state index in [0.29, 0.717) is 17.9 Å². The molecular formula is C11H21NO3S. The van der Waals surface area contributed by atoms with E-state index < -0.39 is 22.8 Å². The zero-order chi connectivity index (χ0) is 12.0. The Labute approximate surface area is 99.3 Å². The molecular weight excluding hydrogens is 226 g/mol. The molecule has 1 heterocycles. The average molecular weight is 247 g/mol. The minimum absolute atomic E-state index is 0.232. The van der Waals surface area contributed by atoms with Gasteiger partial charge in [-0.2, -0.15) is 0 Å². The third-order valence-electron chi connectivity index (χ3n) is 2.97. The van der Waals surface area contributed by atoms with E-state index in [1.165, 1.54) is 0 Å². The number of carboxylic acids is 1. The van der Waals surface area contributed by atoms with Crippen molar-refractivity contribution in [2.75, 3.05) is 11.5 Å². The molecule has 5 heteroatoms. The van der Waals surface area contributed by atoms with Crippen molar-refractivity contribution >= 4 is 16.8 Å². The lowest BCUT2D eigenvalue weighted by Crippen LogP contribution is -2.46. The largest absolute Gasteiger partial charge is 0.480 e. The smallest absolute Gasteiger partial charge is 0.320 e. The molecule has 0 spiro atoms. The van der Waals surface area contributed by atoms with Crippen molar-refractivity contribution in [3.05, 3.63) is 0 Å². The van der Waals surface area contributed by atoms with Crippen molar-refractivity contribution in [2.24, 2.45) is 0 Å². The molecule has 2 N–H and O–H groups in total. The zero-order valence-corrected chi connectivity index (χ0v) is 10.6. The quantitative estimate of drug-likeness (QED) is 0.738. The van der Waals surface area contributed by atoms with E-state index >= 15 is 0 Å². The lowest BCUT2D eigenvalue weighted by atomic mass is 10.1. The molecule has 0 saturated carbocycles. The van der Waals surface area contributed by atoms with Crippen molar-refractivity contribution in [1.82, 2.24) is 5.32 Å². The van der Waals surface area contributed by atoms with Crippen LogP contribution in [0.25, 0.3) is 0 Å². The van der Waals surface area contributed by atoms with Gasteiger partial charge in [-0.15, -0.1) is 0 Å².